The molecule has 0 aromatic heterocycles. The Morgan fingerprint density at radius 2 is 2.39 bits per heavy atom. The zero-order chi connectivity index (χ0) is 13.1. The van der Waals surface area contributed by atoms with Crippen LogP contribution in [-0.4, -0.2) is 35.8 Å². The molecule has 2 amide bonds. The molecule has 0 radical (unpaired) electrons. The SMILES string of the molecule is CCC(C#N)C(=O)N1CCC2NC(=O)CCC2C1. The number of fused-ring (bicyclic) bond motifs is 1. The van der Waals surface area contributed by atoms with E-state index in [-0.39, 0.29) is 17.9 Å². The monoisotopic (exact) mass is 249 g/mol. The number of likely N-dealkylation sites (tertiary alicyclic amines) is 1. The van der Waals surface area contributed by atoms with Crippen LogP contribution < -0.4 is 5.32 Å². The summed E-state index contributed by atoms with van der Waals surface area (Å²) in [5.74, 6) is -0.0776. The van der Waals surface area contributed by atoms with Crippen molar-refractivity contribution >= 4 is 11.8 Å². The standard InChI is InChI=1S/C13H19N3O2/c1-2-9(7-14)13(18)16-6-5-11-10(8-16)3-4-12(17)15-11/h9-11H,2-6,8H2,1H3,(H,15,17). The van der Waals surface area contributed by atoms with Gasteiger partial charge in [0, 0.05) is 25.6 Å². The number of rotatable bonds is 2. The Bertz CT molecular complexity index is 388. The largest absolute Gasteiger partial charge is 0.353 e. The van der Waals surface area contributed by atoms with Crippen molar-refractivity contribution in [2.75, 3.05) is 13.1 Å². The van der Waals surface area contributed by atoms with Crippen molar-refractivity contribution in [3.05, 3.63) is 0 Å². The third-order valence-electron chi connectivity index (χ3n) is 4.00. The molecule has 0 spiro atoms. The summed E-state index contributed by atoms with van der Waals surface area (Å²) in [5, 5.41) is 11.9. The normalized spacial score (nSPS) is 28.9. The second-order valence-corrected chi connectivity index (χ2v) is 5.14. The smallest absolute Gasteiger partial charge is 0.239 e. The molecule has 0 bridgehead atoms. The van der Waals surface area contributed by atoms with Crippen molar-refractivity contribution in [2.45, 2.75) is 38.6 Å². The van der Waals surface area contributed by atoms with E-state index in [4.69, 9.17) is 5.26 Å². The highest BCUT2D eigenvalue weighted by atomic mass is 16.2. The number of amides is 2. The topological polar surface area (TPSA) is 73.2 Å². The van der Waals surface area contributed by atoms with Crippen molar-refractivity contribution in [3.8, 4) is 6.07 Å². The number of nitrogens with one attached hydrogen (secondary N) is 1. The number of nitriles is 1. The van der Waals surface area contributed by atoms with Crippen molar-refractivity contribution < 1.29 is 9.59 Å². The quantitative estimate of drug-likeness (QED) is 0.781. The van der Waals surface area contributed by atoms with E-state index in [1.807, 2.05) is 6.92 Å². The van der Waals surface area contributed by atoms with Crippen molar-refractivity contribution in [2.24, 2.45) is 11.8 Å². The van der Waals surface area contributed by atoms with Gasteiger partial charge in [-0.15, -0.1) is 0 Å². The van der Waals surface area contributed by atoms with E-state index in [2.05, 4.69) is 11.4 Å². The number of carbonyl (C=O) groups excluding carboxylic acids is 2. The zero-order valence-corrected chi connectivity index (χ0v) is 10.7. The summed E-state index contributed by atoms with van der Waals surface area (Å²) >= 11 is 0. The Balaban J connectivity index is 1.97. The van der Waals surface area contributed by atoms with E-state index >= 15 is 0 Å². The second kappa shape index (κ2) is 5.38. The molecule has 98 valence electrons. The Kier molecular flexibility index (Phi) is 3.85. The lowest BCUT2D eigenvalue weighted by molar-refractivity contribution is -0.137. The second-order valence-electron chi connectivity index (χ2n) is 5.14. The van der Waals surface area contributed by atoms with Gasteiger partial charge in [-0.25, -0.2) is 0 Å². The molecule has 2 heterocycles. The van der Waals surface area contributed by atoms with Gasteiger partial charge < -0.3 is 10.2 Å². The lowest BCUT2D eigenvalue weighted by Crippen LogP contribution is -2.55. The molecule has 0 aliphatic carbocycles. The maximum absolute atomic E-state index is 12.1. The number of carbonyl (C=O) groups is 2. The molecule has 2 aliphatic heterocycles. The summed E-state index contributed by atoms with van der Waals surface area (Å²) in [6, 6.07) is 2.29. The third kappa shape index (κ3) is 2.47. The maximum atomic E-state index is 12.1. The van der Waals surface area contributed by atoms with E-state index in [0.717, 1.165) is 12.8 Å². The molecule has 2 rings (SSSR count). The van der Waals surface area contributed by atoms with Crippen LogP contribution in [0.25, 0.3) is 0 Å². The van der Waals surface area contributed by atoms with Crippen molar-refractivity contribution in [1.82, 2.24) is 10.2 Å². The lowest BCUT2D eigenvalue weighted by Gasteiger charge is -2.41. The highest BCUT2D eigenvalue weighted by Crippen LogP contribution is 2.26. The van der Waals surface area contributed by atoms with Crippen LogP contribution in [0.1, 0.15) is 32.6 Å². The molecule has 1 N–H and O–H groups in total. The average molecular weight is 249 g/mol. The summed E-state index contributed by atoms with van der Waals surface area (Å²) in [5.41, 5.74) is 0. The number of piperidine rings is 2. The maximum Gasteiger partial charge on any atom is 0.239 e. The van der Waals surface area contributed by atoms with Gasteiger partial charge in [0.2, 0.25) is 11.8 Å². The van der Waals surface area contributed by atoms with Gasteiger partial charge in [0.05, 0.1) is 6.07 Å². The number of nitrogens with zero attached hydrogens (tertiary/aromatic N) is 2. The highest BCUT2D eigenvalue weighted by molar-refractivity contribution is 5.81. The first-order valence-electron chi connectivity index (χ1n) is 6.63. The molecule has 18 heavy (non-hydrogen) atoms. The fourth-order valence-corrected chi connectivity index (χ4v) is 2.85. The molecule has 5 heteroatoms. The van der Waals surface area contributed by atoms with Crippen LogP contribution in [0.4, 0.5) is 0 Å². The fraction of sp³-hybridized carbons (Fsp3) is 0.769. The fourth-order valence-electron chi connectivity index (χ4n) is 2.85. The van der Waals surface area contributed by atoms with Crippen LogP contribution in [0.15, 0.2) is 0 Å². The van der Waals surface area contributed by atoms with E-state index in [1.165, 1.54) is 0 Å². The Hall–Kier alpha value is -1.57. The first-order valence-corrected chi connectivity index (χ1v) is 6.63. The van der Waals surface area contributed by atoms with Crippen LogP contribution in [-0.2, 0) is 9.59 Å². The van der Waals surface area contributed by atoms with E-state index in [1.54, 1.807) is 4.90 Å². The van der Waals surface area contributed by atoms with Crippen LogP contribution in [0.5, 0.6) is 0 Å². The molecule has 2 aliphatic rings. The molecule has 0 saturated carbocycles. The third-order valence-corrected chi connectivity index (χ3v) is 4.00. The van der Waals surface area contributed by atoms with Gasteiger partial charge in [0.25, 0.3) is 0 Å². The van der Waals surface area contributed by atoms with E-state index in [9.17, 15) is 9.59 Å². The predicted octanol–water partition coefficient (Wildman–Crippen LogP) is 0.663. The molecule has 2 fully saturated rings. The average Bonchev–Trinajstić information content (AvgIpc) is 2.39. The Morgan fingerprint density at radius 3 is 3.06 bits per heavy atom. The van der Waals surface area contributed by atoms with E-state index in [0.29, 0.717) is 31.8 Å². The molecular weight excluding hydrogens is 230 g/mol. The van der Waals surface area contributed by atoms with Crippen LogP contribution in [0.2, 0.25) is 0 Å². The van der Waals surface area contributed by atoms with Crippen molar-refractivity contribution in [1.29, 1.82) is 5.26 Å². The minimum atomic E-state index is -0.514. The molecule has 0 aromatic carbocycles. The Morgan fingerprint density at radius 1 is 1.61 bits per heavy atom. The predicted molar refractivity (Wildman–Crippen MR) is 65.2 cm³/mol. The Labute approximate surface area is 107 Å². The van der Waals surface area contributed by atoms with E-state index < -0.39 is 5.92 Å². The number of hydrogen-bond donors (Lipinski definition) is 1. The molecular formula is C13H19N3O2. The van der Waals surface area contributed by atoms with Gasteiger partial charge in [-0.2, -0.15) is 5.26 Å². The van der Waals surface area contributed by atoms with Gasteiger partial charge in [0.1, 0.15) is 5.92 Å². The van der Waals surface area contributed by atoms with Gasteiger partial charge in [0.15, 0.2) is 0 Å². The summed E-state index contributed by atoms with van der Waals surface area (Å²) in [6.07, 6.45) is 2.78. The van der Waals surface area contributed by atoms with Gasteiger partial charge in [-0.1, -0.05) is 6.92 Å². The molecule has 3 unspecified atom stereocenters. The van der Waals surface area contributed by atoms with Crippen LogP contribution >= 0.6 is 0 Å². The lowest BCUT2D eigenvalue weighted by atomic mass is 9.84. The molecule has 5 nitrogen and oxygen atoms in total. The number of hydrogen-bond acceptors (Lipinski definition) is 3. The van der Waals surface area contributed by atoms with Crippen LogP contribution in [0.3, 0.4) is 0 Å². The van der Waals surface area contributed by atoms with Crippen LogP contribution in [0, 0.1) is 23.2 Å². The first kappa shape index (κ1) is 12.9. The molecule has 2 saturated heterocycles. The van der Waals surface area contributed by atoms with Crippen molar-refractivity contribution in [3.63, 3.8) is 0 Å². The van der Waals surface area contributed by atoms with Gasteiger partial charge in [-0.05, 0) is 25.2 Å². The highest BCUT2D eigenvalue weighted by Gasteiger charge is 2.36. The summed E-state index contributed by atoms with van der Waals surface area (Å²) in [4.78, 5) is 25.2. The van der Waals surface area contributed by atoms with Gasteiger partial charge in [-0.3, -0.25) is 9.59 Å². The molecule has 0 aromatic rings. The summed E-state index contributed by atoms with van der Waals surface area (Å²) < 4.78 is 0. The first-order chi connectivity index (χ1) is 8.65. The minimum absolute atomic E-state index is 0.0460. The summed E-state index contributed by atoms with van der Waals surface area (Å²) in [6.45, 7) is 3.19. The summed E-state index contributed by atoms with van der Waals surface area (Å²) in [7, 11) is 0. The molecule has 3 atom stereocenters. The van der Waals surface area contributed by atoms with Gasteiger partial charge >= 0.3 is 0 Å². The zero-order valence-electron chi connectivity index (χ0n) is 10.7. The minimum Gasteiger partial charge on any atom is -0.353 e.